The number of hydrogen-bond acceptors (Lipinski definition) is 3. The average Bonchev–Trinajstić information content (AvgIpc) is 2.50. The van der Waals surface area contributed by atoms with Crippen molar-refractivity contribution in [2.75, 3.05) is 0 Å². The van der Waals surface area contributed by atoms with Crippen LogP contribution < -0.4 is 5.73 Å². The van der Waals surface area contributed by atoms with Gasteiger partial charge in [0.1, 0.15) is 12.2 Å². The minimum Gasteiger partial charge on any atom is -0.321 e. The van der Waals surface area contributed by atoms with Crippen molar-refractivity contribution in [3.63, 3.8) is 0 Å². The van der Waals surface area contributed by atoms with Crippen LogP contribution in [0.5, 0.6) is 0 Å². The molecule has 1 heterocycles. The lowest BCUT2D eigenvalue weighted by atomic mass is 10.2. The number of rotatable bonds is 3. The molecule has 0 aromatic carbocycles. The first kappa shape index (κ1) is 8.20. The van der Waals surface area contributed by atoms with E-state index in [0.717, 1.165) is 18.8 Å². The smallest absolute Gasteiger partial charge is 0.149 e. The molecule has 0 unspecified atom stereocenters. The third-order valence-corrected chi connectivity index (χ3v) is 1.76. The molecule has 1 aromatic rings. The zero-order chi connectivity index (χ0) is 8.27. The normalized spacial score (nSPS) is 13.4. The molecule has 0 spiro atoms. The molecule has 2 N–H and O–H groups in total. The summed E-state index contributed by atoms with van der Waals surface area (Å²) in [6.07, 6.45) is 2.61. The van der Waals surface area contributed by atoms with Gasteiger partial charge in [-0.05, 0) is 13.3 Å². The van der Waals surface area contributed by atoms with E-state index in [4.69, 9.17) is 5.73 Å². The van der Waals surface area contributed by atoms with Crippen LogP contribution in [0.25, 0.3) is 0 Å². The van der Waals surface area contributed by atoms with Crippen LogP contribution in [-0.4, -0.2) is 14.8 Å². The first-order valence-corrected chi connectivity index (χ1v) is 3.92. The van der Waals surface area contributed by atoms with Gasteiger partial charge in [-0.25, -0.2) is 0 Å². The van der Waals surface area contributed by atoms with E-state index in [0.29, 0.717) is 0 Å². The molecular formula is C7H14N4. The van der Waals surface area contributed by atoms with Gasteiger partial charge >= 0.3 is 0 Å². The minimum absolute atomic E-state index is 0.0254. The first-order valence-electron chi connectivity index (χ1n) is 3.92. The molecule has 0 aliphatic heterocycles. The quantitative estimate of drug-likeness (QED) is 0.697. The second-order valence-corrected chi connectivity index (χ2v) is 2.49. The molecular weight excluding hydrogens is 140 g/mol. The minimum atomic E-state index is 0.0254. The summed E-state index contributed by atoms with van der Waals surface area (Å²) in [7, 11) is 0. The van der Waals surface area contributed by atoms with Crippen LogP contribution in [-0.2, 0) is 6.54 Å². The van der Waals surface area contributed by atoms with Crippen LogP contribution in [0, 0.1) is 0 Å². The second kappa shape index (κ2) is 3.48. The number of hydrogen-bond donors (Lipinski definition) is 1. The van der Waals surface area contributed by atoms with Crippen molar-refractivity contribution in [1.82, 2.24) is 14.8 Å². The molecule has 1 rings (SSSR count). The molecule has 62 valence electrons. The Morgan fingerprint density at radius 2 is 2.36 bits per heavy atom. The van der Waals surface area contributed by atoms with E-state index in [1.807, 2.05) is 11.5 Å². The van der Waals surface area contributed by atoms with Gasteiger partial charge < -0.3 is 10.3 Å². The Hall–Kier alpha value is -0.900. The maximum absolute atomic E-state index is 5.79. The fourth-order valence-corrected chi connectivity index (χ4v) is 0.977. The lowest BCUT2D eigenvalue weighted by Gasteiger charge is -2.08. The predicted molar refractivity (Wildman–Crippen MR) is 42.9 cm³/mol. The Labute approximate surface area is 66.4 Å². The summed E-state index contributed by atoms with van der Waals surface area (Å²) in [6.45, 7) is 4.98. The molecule has 0 aliphatic rings. The number of aryl methyl sites for hydroxylation is 1. The van der Waals surface area contributed by atoms with E-state index in [2.05, 4.69) is 17.1 Å². The summed E-state index contributed by atoms with van der Waals surface area (Å²) >= 11 is 0. The Balaban J connectivity index is 2.83. The van der Waals surface area contributed by atoms with Gasteiger partial charge in [-0.15, -0.1) is 10.2 Å². The molecule has 0 saturated heterocycles. The lowest BCUT2D eigenvalue weighted by molar-refractivity contribution is 0.588. The van der Waals surface area contributed by atoms with Crippen LogP contribution in [0.2, 0.25) is 0 Å². The van der Waals surface area contributed by atoms with E-state index in [1.165, 1.54) is 0 Å². The Kier molecular flexibility index (Phi) is 2.59. The molecule has 1 aromatic heterocycles. The van der Waals surface area contributed by atoms with E-state index in [1.54, 1.807) is 6.33 Å². The topological polar surface area (TPSA) is 56.7 Å². The van der Waals surface area contributed by atoms with E-state index in [9.17, 15) is 0 Å². The van der Waals surface area contributed by atoms with Crippen molar-refractivity contribution in [2.24, 2.45) is 5.73 Å². The zero-order valence-electron chi connectivity index (χ0n) is 6.99. The second-order valence-electron chi connectivity index (χ2n) is 2.49. The molecule has 4 nitrogen and oxygen atoms in total. The van der Waals surface area contributed by atoms with Crippen molar-refractivity contribution >= 4 is 0 Å². The molecule has 4 heteroatoms. The van der Waals surface area contributed by atoms with Gasteiger partial charge in [0.05, 0.1) is 6.04 Å². The molecule has 0 bridgehead atoms. The predicted octanol–water partition coefficient (Wildman–Crippen LogP) is 0.708. The number of nitrogens with two attached hydrogens (primary N) is 1. The van der Waals surface area contributed by atoms with Crippen molar-refractivity contribution in [2.45, 2.75) is 32.9 Å². The number of nitrogens with zero attached hydrogens (tertiary/aromatic N) is 3. The highest BCUT2D eigenvalue weighted by molar-refractivity contribution is 4.92. The third-order valence-electron chi connectivity index (χ3n) is 1.76. The summed E-state index contributed by atoms with van der Waals surface area (Å²) in [5, 5.41) is 7.74. The van der Waals surface area contributed by atoms with Gasteiger partial charge in [0.25, 0.3) is 0 Å². The molecule has 0 saturated carbocycles. The lowest BCUT2D eigenvalue weighted by Crippen LogP contribution is -2.15. The summed E-state index contributed by atoms with van der Waals surface area (Å²) in [5.74, 6) is 0.884. The first-order chi connectivity index (χ1) is 5.29. The Bertz CT molecular complexity index is 218. The molecule has 11 heavy (non-hydrogen) atoms. The van der Waals surface area contributed by atoms with Crippen LogP contribution in [0.4, 0.5) is 0 Å². The van der Waals surface area contributed by atoms with Gasteiger partial charge in [0.15, 0.2) is 0 Å². The summed E-state index contributed by atoms with van der Waals surface area (Å²) in [5.41, 5.74) is 5.79. The average molecular weight is 154 g/mol. The highest BCUT2D eigenvalue weighted by Gasteiger charge is 2.09. The SMILES string of the molecule is CC[C@H](N)c1nncn1CC. The van der Waals surface area contributed by atoms with E-state index < -0.39 is 0 Å². The highest BCUT2D eigenvalue weighted by Crippen LogP contribution is 2.09. The van der Waals surface area contributed by atoms with Crippen molar-refractivity contribution in [3.8, 4) is 0 Å². The summed E-state index contributed by atoms with van der Waals surface area (Å²) in [6, 6.07) is 0.0254. The maximum atomic E-state index is 5.79. The van der Waals surface area contributed by atoms with Crippen LogP contribution in [0.1, 0.15) is 32.1 Å². The van der Waals surface area contributed by atoms with Gasteiger partial charge in [-0.2, -0.15) is 0 Å². The maximum Gasteiger partial charge on any atom is 0.149 e. The van der Waals surface area contributed by atoms with Gasteiger partial charge in [0, 0.05) is 6.54 Å². The fourth-order valence-electron chi connectivity index (χ4n) is 0.977. The van der Waals surface area contributed by atoms with E-state index in [-0.39, 0.29) is 6.04 Å². The van der Waals surface area contributed by atoms with Crippen molar-refractivity contribution < 1.29 is 0 Å². The fraction of sp³-hybridized carbons (Fsp3) is 0.714. The van der Waals surface area contributed by atoms with Crippen LogP contribution >= 0.6 is 0 Å². The van der Waals surface area contributed by atoms with Gasteiger partial charge in [-0.1, -0.05) is 6.92 Å². The Morgan fingerprint density at radius 1 is 1.64 bits per heavy atom. The van der Waals surface area contributed by atoms with Gasteiger partial charge in [-0.3, -0.25) is 0 Å². The van der Waals surface area contributed by atoms with Gasteiger partial charge in [0.2, 0.25) is 0 Å². The zero-order valence-corrected chi connectivity index (χ0v) is 6.99. The molecule has 0 amide bonds. The summed E-state index contributed by atoms with van der Waals surface area (Å²) in [4.78, 5) is 0. The standard InChI is InChI=1S/C7H14N4/c1-3-6(8)7-10-9-5-11(7)4-2/h5-6H,3-4,8H2,1-2H3/t6-/m0/s1. The monoisotopic (exact) mass is 154 g/mol. The number of aromatic nitrogens is 3. The Morgan fingerprint density at radius 3 is 2.91 bits per heavy atom. The third kappa shape index (κ3) is 1.57. The van der Waals surface area contributed by atoms with E-state index >= 15 is 0 Å². The van der Waals surface area contributed by atoms with Crippen molar-refractivity contribution in [3.05, 3.63) is 12.2 Å². The molecule has 1 atom stereocenters. The van der Waals surface area contributed by atoms with Crippen LogP contribution in [0.3, 0.4) is 0 Å². The molecule has 0 fully saturated rings. The largest absolute Gasteiger partial charge is 0.321 e. The van der Waals surface area contributed by atoms with Crippen molar-refractivity contribution in [1.29, 1.82) is 0 Å². The highest BCUT2D eigenvalue weighted by atomic mass is 15.3. The summed E-state index contributed by atoms with van der Waals surface area (Å²) < 4.78 is 1.97. The molecule has 0 radical (unpaired) electrons. The molecule has 0 aliphatic carbocycles. The van der Waals surface area contributed by atoms with Crippen LogP contribution in [0.15, 0.2) is 6.33 Å².